The Hall–Kier alpha value is -2.18. The van der Waals surface area contributed by atoms with E-state index in [-0.39, 0.29) is 12.3 Å². The number of ether oxygens (including phenoxy) is 1. The smallest absolute Gasteiger partial charge is 0.276 e. The van der Waals surface area contributed by atoms with Crippen LogP contribution in [0.15, 0.2) is 58.1 Å². The molecule has 3 rings (SSSR count). The summed E-state index contributed by atoms with van der Waals surface area (Å²) >= 11 is 3.37. The fourth-order valence-corrected chi connectivity index (χ4v) is 3.25. The molecule has 0 bridgehead atoms. The number of carbonyl (C=O) groups is 1. The van der Waals surface area contributed by atoms with Gasteiger partial charge in [-0.1, -0.05) is 41.1 Å². The molecule has 130 valence electrons. The topological polar surface area (TPSA) is 62.1 Å². The monoisotopic (exact) mass is 402 g/mol. The quantitative estimate of drug-likeness (QED) is 0.842. The van der Waals surface area contributed by atoms with E-state index in [0.29, 0.717) is 23.3 Å². The maximum Gasteiger partial charge on any atom is 0.276 e. The molecule has 0 radical (unpaired) electrons. The first-order chi connectivity index (χ1) is 12.0. The Labute approximate surface area is 155 Å². The normalized spacial score (nSPS) is 19.7. The minimum Gasteiger partial charge on any atom is -0.497 e. The van der Waals surface area contributed by atoms with Crippen LogP contribution in [0.1, 0.15) is 35.7 Å². The van der Waals surface area contributed by atoms with Gasteiger partial charge in [0.15, 0.2) is 5.72 Å². The second kappa shape index (κ2) is 6.98. The average Bonchev–Trinajstić information content (AvgIpc) is 2.99. The van der Waals surface area contributed by atoms with Gasteiger partial charge in [0.2, 0.25) is 0 Å². The van der Waals surface area contributed by atoms with Crippen LogP contribution in [0.3, 0.4) is 0 Å². The van der Waals surface area contributed by atoms with Crippen LogP contribution in [-0.4, -0.2) is 28.8 Å². The molecule has 6 heteroatoms. The lowest BCUT2D eigenvalue weighted by Crippen LogP contribution is -2.43. The van der Waals surface area contributed by atoms with Gasteiger partial charge in [-0.3, -0.25) is 4.79 Å². The molecule has 0 spiro atoms. The average molecular weight is 403 g/mol. The Balaban J connectivity index is 2.01. The summed E-state index contributed by atoms with van der Waals surface area (Å²) < 4.78 is 5.96. The Morgan fingerprint density at radius 2 is 2.04 bits per heavy atom. The van der Waals surface area contributed by atoms with Crippen LogP contribution < -0.4 is 4.74 Å². The predicted molar refractivity (Wildman–Crippen MR) is 99.5 cm³/mol. The van der Waals surface area contributed by atoms with Crippen molar-refractivity contribution in [3.63, 3.8) is 0 Å². The fourth-order valence-electron chi connectivity index (χ4n) is 2.85. The molecule has 0 aromatic heterocycles. The van der Waals surface area contributed by atoms with E-state index in [1.807, 2.05) is 13.0 Å². The van der Waals surface area contributed by atoms with Crippen molar-refractivity contribution >= 4 is 27.5 Å². The number of carbonyl (C=O) groups excluding carboxylic acids is 1. The van der Waals surface area contributed by atoms with Crippen molar-refractivity contribution in [1.82, 2.24) is 5.01 Å². The first-order valence-corrected chi connectivity index (χ1v) is 8.80. The number of benzene rings is 2. The number of rotatable bonds is 4. The summed E-state index contributed by atoms with van der Waals surface area (Å²) in [6.45, 7) is 1.96. The summed E-state index contributed by atoms with van der Waals surface area (Å²) in [4.78, 5) is 13.0. The standard InChI is InChI=1S/C19H19BrN2O3/c1-3-16-12-19(24,14-7-9-17(25-2)10-8-14)22(21-16)18(23)13-5-4-6-15(20)11-13/h4-11,24H,3,12H2,1-2H3/t19-/m1/s1. The third-order valence-electron chi connectivity index (χ3n) is 4.27. The molecule has 1 aliphatic rings. The molecule has 1 heterocycles. The summed E-state index contributed by atoms with van der Waals surface area (Å²) in [5.74, 6) is 0.343. The summed E-state index contributed by atoms with van der Waals surface area (Å²) in [7, 11) is 1.58. The number of hydrogen-bond acceptors (Lipinski definition) is 4. The zero-order valence-corrected chi connectivity index (χ0v) is 15.7. The molecule has 5 nitrogen and oxygen atoms in total. The number of nitrogens with zero attached hydrogens (tertiary/aromatic N) is 2. The van der Waals surface area contributed by atoms with E-state index < -0.39 is 5.72 Å². The zero-order chi connectivity index (χ0) is 18.0. The number of aliphatic hydroxyl groups is 1. The minimum absolute atomic E-state index is 0.287. The first-order valence-electron chi connectivity index (χ1n) is 8.01. The SMILES string of the molecule is CCC1=NN(C(=O)c2cccc(Br)c2)[C@](O)(c2ccc(OC)cc2)C1. The minimum atomic E-state index is -1.50. The highest BCUT2D eigenvalue weighted by molar-refractivity contribution is 9.10. The highest BCUT2D eigenvalue weighted by Gasteiger charge is 2.45. The lowest BCUT2D eigenvalue weighted by atomic mass is 9.96. The third kappa shape index (κ3) is 3.32. The Kier molecular flexibility index (Phi) is 4.92. The first kappa shape index (κ1) is 17.6. The van der Waals surface area contributed by atoms with E-state index >= 15 is 0 Å². The van der Waals surface area contributed by atoms with Gasteiger partial charge in [0.1, 0.15) is 5.75 Å². The van der Waals surface area contributed by atoms with Crippen LogP contribution in [0.4, 0.5) is 0 Å². The number of hydrazone groups is 1. The number of methoxy groups -OCH3 is 1. The van der Waals surface area contributed by atoms with Gasteiger partial charge < -0.3 is 9.84 Å². The van der Waals surface area contributed by atoms with Crippen molar-refractivity contribution in [2.75, 3.05) is 7.11 Å². The van der Waals surface area contributed by atoms with Crippen LogP contribution in [0.2, 0.25) is 0 Å². The van der Waals surface area contributed by atoms with Crippen LogP contribution in [0.25, 0.3) is 0 Å². The molecule has 0 saturated heterocycles. The van der Waals surface area contributed by atoms with Crippen molar-refractivity contribution in [2.45, 2.75) is 25.5 Å². The molecule has 0 saturated carbocycles. The van der Waals surface area contributed by atoms with Gasteiger partial charge in [-0.25, -0.2) is 0 Å². The fraction of sp³-hybridized carbons (Fsp3) is 0.263. The van der Waals surface area contributed by atoms with Gasteiger partial charge in [0.25, 0.3) is 5.91 Å². The van der Waals surface area contributed by atoms with Crippen molar-refractivity contribution in [1.29, 1.82) is 0 Å². The van der Waals surface area contributed by atoms with Gasteiger partial charge >= 0.3 is 0 Å². The third-order valence-corrected chi connectivity index (χ3v) is 4.76. The maximum absolute atomic E-state index is 13.0. The lowest BCUT2D eigenvalue weighted by Gasteiger charge is -2.31. The zero-order valence-electron chi connectivity index (χ0n) is 14.1. The van der Waals surface area contributed by atoms with Crippen LogP contribution >= 0.6 is 15.9 Å². The number of halogens is 1. The predicted octanol–water partition coefficient (Wildman–Crippen LogP) is 3.91. The van der Waals surface area contributed by atoms with E-state index in [4.69, 9.17) is 4.74 Å². The molecular formula is C19H19BrN2O3. The highest BCUT2D eigenvalue weighted by Crippen LogP contribution is 2.37. The van der Waals surface area contributed by atoms with Crippen molar-refractivity contribution < 1.29 is 14.6 Å². The van der Waals surface area contributed by atoms with Crippen molar-refractivity contribution in [3.05, 3.63) is 64.1 Å². The second-order valence-corrected chi connectivity index (χ2v) is 6.78. The van der Waals surface area contributed by atoms with Gasteiger partial charge in [-0.2, -0.15) is 10.1 Å². The van der Waals surface area contributed by atoms with Crippen LogP contribution in [0.5, 0.6) is 5.75 Å². The summed E-state index contributed by atoms with van der Waals surface area (Å²) in [5.41, 5.74) is 0.338. The van der Waals surface area contributed by atoms with Crippen LogP contribution in [0, 0.1) is 0 Å². The van der Waals surface area contributed by atoms with E-state index in [1.165, 1.54) is 5.01 Å². The van der Waals surface area contributed by atoms with Gasteiger partial charge in [-0.05, 0) is 36.8 Å². The molecule has 0 fully saturated rings. The molecule has 1 amide bonds. The Morgan fingerprint density at radius 3 is 2.64 bits per heavy atom. The summed E-state index contributed by atoms with van der Waals surface area (Å²) in [6, 6.07) is 14.1. The Bertz CT molecular complexity index is 820. The molecule has 1 atom stereocenters. The van der Waals surface area contributed by atoms with E-state index in [9.17, 15) is 9.90 Å². The maximum atomic E-state index is 13.0. The summed E-state index contributed by atoms with van der Waals surface area (Å²) in [6.07, 6.45) is 0.955. The molecular weight excluding hydrogens is 384 g/mol. The van der Waals surface area contributed by atoms with Crippen molar-refractivity contribution in [2.24, 2.45) is 5.10 Å². The highest BCUT2D eigenvalue weighted by atomic mass is 79.9. The largest absolute Gasteiger partial charge is 0.497 e. The molecule has 2 aromatic rings. The molecule has 25 heavy (non-hydrogen) atoms. The van der Waals surface area contributed by atoms with Crippen LogP contribution in [-0.2, 0) is 5.72 Å². The van der Waals surface area contributed by atoms with Gasteiger partial charge in [0.05, 0.1) is 7.11 Å². The van der Waals surface area contributed by atoms with E-state index in [2.05, 4.69) is 21.0 Å². The summed E-state index contributed by atoms with van der Waals surface area (Å²) in [5, 5.41) is 16.9. The van der Waals surface area contributed by atoms with Gasteiger partial charge in [0, 0.05) is 27.7 Å². The molecule has 1 N–H and O–H groups in total. The molecule has 2 aromatic carbocycles. The molecule has 0 unspecified atom stereocenters. The van der Waals surface area contributed by atoms with Crippen molar-refractivity contribution in [3.8, 4) is 5.75 Å². The number of hydrogen-bond donors (Lipinski definition) is 1. The van der Waals surface area contributed by atoms with Gasteiger partial charge in [-0.15, -0.1) is 0 Å². The molecule has 0 aliphatic carbocycles. The van der Waals surface area contributed by atoms with E-state index in [0.717, 1.165) is 10.2 Å². The second-order valence-electron chi connectivity index (χ2n) is 5.87. The lowest BCUT2D eigenvalue weighted by molar-refractivity contribution is -0.0765. The molecule has 1 aliphatic heterocycles. The van der Waals surface area contributed by atoms with E-state index in [1.54, 1.807) is 49.6 Å². The number of amides is 1. The Morgan fingerprint density at radius 1 is 1.32 bits per heavy atom.